The number of nitrogens with one attached hydrogen (secondary N) is 1. The molecule has 2 aromatic rings. The van der Waals surface area contributed by atoms with E-state index in [1.165, 1.54) is 36.4 Å². The van der Waals surface area contributed by atoms with Gasteiger partial charge in [0.1, 0.15) is 0 Å². The molecule has 0 bridgehead atoms. The Morgan fingerprint density at radius 2 is 1.85 bits per heavy atom. The summed E-state index contributed by atoms with van der Waals surface area (Å²) in [5.41, 5.74) is -0.0586. The molecule has 1 aromatic carbocycles. The number of nitrogens with zero attached hydrogens (tertiary/aromatic N) is 2. The zero-order valence-corrected chi connectivity index (χ0v) is 11.4. The lowest BCUT2D eigenvalue weighted by Gasteiger charge is -2.09. The van der Waals surface area contributed by atoms with Gasteiger partial charge in [0, 0.05) is 0 Å². The highest BCUT2D eigenvalue weighted by molar-refractivity contribution is 7.91. The van der Waals surface area contributed by atoms with E-state index in [1.807, 2.05) is 5.32 Å². The van der Waals surface area contributed by atoms with Crippen LogP contribution in [0.3, 0.4) is 0 Å². The molecular weight excluding hydrogens is 306 g/mol. The van der Waals surface area contributed by atoms with Gasteiger partial charge < -0.3 is 5.11 Å². The molecule has 20 heavy (non-hydrogen) atoms. The van der Waals surface area contributed by atoms with Gasteiger partial charge in [-0.25, -0.2) is 13.2 Å². The van der Waals surface area contributed by atoms with Gasteiger partial charge in [0.15, 0.2) is 10.2 Å². The third-order valence-corrected chi connectivity index (χ3v) is 4.21. The first-order valence-electron chi connectivity index (χ1n) is 5.24. The highest BCUT2D eigenvalue weighted by atomic mass is 35.5. The van der Waals surface area contributed by atoms with Crippen molar-refractivity contribution in [2.75, 3.05) is 5.32 Å². The van der Waals surface area contributed by atoms with Crippen LogP contribution >= 0.6 is 11.6 Å². The predicted molar refractivity (Wildman–Crippen MR) is 70.6 cm³/mol. The Morgan fingerprint density at radius 1 is 1.15 bits per heavy atom. The van der Waals surface area contributed by atoms with Crippen molar-refractivity contribution in [3.63, 3.8) is 0 Å². The lowest BCUT2D eigenvalue weighted by molar-refractivity contribution is 0.209. The van der Waals surface area contributed by atoms with Gasteiger partial charge in [-0.2, -0.15) is 0 Å². The summed E-state index contributed by atoms with van der Waals surface area (Å²) in [5.74, 6) is 0. The maximum Gasteiger partial charge on any atom is 0.409 e. The molecule has 0 saturated carbocycles. The van der Waals surface area contributed by atoms with Crippen molar-refractivity contribution < 1.29 is 18.3 Å². The molecule has 2 rings (SSSR count). The summed E-state index contributed by atoms with van der Waals surface area (Å²) < 4.78 is 24.7. The van der Waals surface area contributed by atoms with Crippen molar-refractivity contribution in [2.24, 2.45) is 0 Å². The highest BCUT2D eigenvalue weighted by Crippen LogP contribution is 2.26. The van der Waals surface area contributed by atoms with Gasteiger partial charge in [-0.1, -0.05) is 23.7 Å². The molecule has 0 radical (unpaired) electrons. The van der Waals surface area contributed by atoms with Crippen molar-refractivity contribution in [3.8, 4) is 0 Å². The van der Waals surface area contributed by atoms with E-state index >= 15 is 0 Å². The Labute approximate surface area is 119 Å². The van der Waals surface area contributed by atoms with Crippen LogP contribution in [-0.4, -0.2) is 29.8 Å². The lowest BCUT2D eigenvalue weighted by atomic mass is 10.3. The second-order valence-corrected chi connectivity index (χ2v) is 5.88. The van der Waals surface area contributed by atoms with Crippen molar-refractivity contribution in [1.29, 1.82) is 0 Å². The van der Waals surface area contributed by atoms with Crippen LogP contribution < -0.4 is 5.32 Å². The molecule has 9 heteroatoms. The fourth-order valence-corrected chi connectivity index (χ4v) is 2.87. The molecule has 0 aliphatic carbocycles. The number of para-hydroxylation sites is 1. The number of halogens is 1. The van der Waals surface area contributed by atoms with Crippen molar-refractivity contribution in [2.45, 2.75) is 9.92 Å². The van der Waals surface area contributed by atoms with Crippen LogP contribution in [-0.2, 0) is 9.84 Å². The predicted octanol–water partition coefficient (Wildman–Crippen LogP) is 2.05. The summed E-state index contributed by atoms with van der Waals surface area (Å²) >= 11 is 5.55. The fraction of sp³-hybridized carbons (Fsp3) is 0. The van der Waals surface area contributed by atoms with E-state index in [9.17, 15) is 13.2 Å². The van der Waals surface area contributed by atoms with Gasteiger partial charge in [0.25, 0.3) is 0 Å². The number of rotatable bonds is 3. The molecule has 0 atom stereocenters. The lowest BCUT2D eigenvalue weighted by Crippen LogP contribution is -2.13. The van der Waals surface area contributed by atoms with Crippen molar-refractivity contribution in [1.82, 2.24) is 10.2 Å². The molecule has 0 fully saturated rings. The average Bonchev–Trinajstić information content (AvgIpc) is 2.39. The van der Waals surface area contributed by atoms with Crippen LogP contribution in [0.4, 0.5) is 10.5 Å². The van der Waals surface area contributed by atoms with E-state index in [0.717, 1.165) is 0 Å². The van der Waals surface area contributed by atoms with Crippen molar-refractivity contribution >= 4 is 33.2 Å². The van der Waals surface area contributed by atoms with E-state index in [0.29, 0.717) is 0 Å². The summed E-state index contributed by atoms with van der Waals surface area (Å²) in [6, 6.07) is 8.08. The minimum absolute atomic E-state index is 0.0564. The summed E-state index contributed by atoms with van der Waals surface area (Å²) in [5, 5.41) is 17.4. The van der Waals surface area contributed by atoms with Gasteiger partial charge in [-0.3, -0.25) is 5.32 Å². The standard InChI is InChI=1S/C11H8ClN3O4S/c12-9-5-6-10(15-14-9)20(18,19)8-4-2-1-3-7(8)13-11(16)17/h1-6,13H,(H,16,17). The second-order valence-electron chi connectivity index (χ2n) is 3.62. The van der Waals surface area contributed by atoms with Crippen LogP contribution in [0.25, 0.3) is 0 Å². The Kier molecular flexibility index (Phi) is 3.86. The first-order valence-corrected chi connectivity index (χ1v) is 7.10. The van der Waals surface area contributed by atoms with Crippen LogP contribution in [0, 0.1) is 0 Å². The number of sulfone groups is 1. The first-order chi connectivity index (χ1) is 9.41. The quantitative estimate of drug-likeness (QED) is 0.897. The van der Waals surface area contributed by atoms with E-state index in [4.69, 9.17) is 16.7 Å². The Morgan fingerprint density at radius 3 is 2.45 bits per heavy atom. The van der Waals surface area contributed by atoms with Gasteiger partial charge in [0.05, 0.1) is 10.6 Å². The minimum atomic E-state index is -3.99. The molecule has 0 spiro atoms. The Hall–Kier alpha value is -2.19. The van der Waals surface area contributed by atoms with Crippen LogP contribution in [0.15, 0.2) is 46.3 Å². The molecular formula is C11H8ClN3O4S. The molecule has 1 amide bonds. The molecule has 0 saturated heterocycles. The van der Waals surface area contributed by atoms with E-state index < -0.39 is 15.9 Å². The topological polar surface area (TPSA) is 109 Å². The van der Waals surface area contributed by atoms with E-state index in [-0.39, 0.29) is 20.8 Å². The average molecular weight is 314 g/mol. The Balaban J connectivity index is 2.54. The van der Waals surface area contributed by atoms with Gasteiger partial charge in [-0.05, 0) is 24.3 Å². The van der Waals surface area contributed by atoms with Crippen LogP contribution in [0.1, 0.15) is 0 Å². The summed E-state index contributed by atoms with van der Waals surface area (Å²) in [7, 11) is -3.99. The number of amides is 1. The normalized spacial score (nSPS) is 11.1. The first kappa shape index (κ1) is 14.2. The summed E-state index contributed by atoms with van der Waals surface area (Å²) in [6.07, 6.45) is -1.37. The van der Waals surface area contributed by atoms with Crippen molar-refractivity contribution in [3.05, 3.63) is 41.6 Å². The summed E-state index contributed by atoms with van der Waals surface area (Å²) in [4.78, 5) is 10.5. The largest absolute Gasteiger partial charge is 0.465 e. The zero-order valence-electron chi connectivity index (χ0n) is 9.82. The molecule has 0 unspecified atom stereocenters. The third-order valence-electron chi connectivity index (χ3n) is 2.30. The van der Waals surface area contributed by atoms with Crippen LogP contribution in [0.5, 0.6) is 0 Å². The number of hydrogen-bond donors (Lipinski definition) is 2. The molecule has 0 aliphatic heterocycles. The van der Waals surface area contributed by atoms with E-state index in [2.05, 4.69) is 10.2 Å². The third kappa shape index (κ3) is 2.86. The molecule has 2 N–H and O–H groups in total. The number of carbonyl (C=O) groups is 1. The highest BCUT2D eigenvalue weighted by Gasteiger charge is 2.23. The molecule has 7 nitrogen and oxygen atoms in total. The number of hydrogen-bond acceptors (Lipinski definition) is 5. The smallest absolute Gasteiger partial charge is 0.409 e. The second kappa shape index (κ2) is 5.43. The zero-order chi connectivity index (χ0) is 14.8. The molecule has 0 aliphatic rings. The van der Waals surface area contributed by atoms with Crippen LogP contribution in [0.2, 0.25) is 5.15 Å². The SMILES string of the molecule is O=C(O)Nc1ccccc1S(=O)(=O)c1ccc(Cl)nn1. The van der Waals surface area contributed by atoms with E-state index in [1.54, 1.807) is 0 Å². The molecule has 104 valence electrons. The number of carboxylic acid groups (broad SMARTS) is 1. The number of aromatic nitrogens is 2. The number of benzene rings is 1. The van der Waals surface area contributed by atoms with Gasteiger partial charge in [-0.15, -0.1) is 10.2 Å². The minimum Gasteiger partial charge on any atom is -0.465 e. The maximum atomic E-state index is 12.4. The van der Waals surface area contributed by atoms with Gasteiger partial charge >= 0.3 is 6.09 Å². The fourth-order valence-electron chi connectivity index (χ4n) is 1.48. The molecule has 1 heterocycles. The number of anilines is 1. The maximum absolute atomic E-state index is 12.4. The Bertz CT molecular complexity index is 747. The monoisotopic (exact) mass is 313 g/mol. The van der Waals surface area contributed by atoms with Gasteiger partial charge in [0.2, 0.25) is 9.84 Å². The molecule has 1 aromatic heterocycles. The summed E-state index contributed by atoms with van der Waals surface area (Å²) in [6.45, 7) is 0.